The third kappa shape index (κ3) is 5.86. The Balaban J connectivity index is 0.00000256. The molecule has 98 valence electrons. The van der Waals surface area contributed by atoms with Gasteiger partial charge < -0.3 is 11.1 Å². The minimum atomic E-state index is 0. The van der Waals surface area contributed by atoms with Crippen molar-refractivity contribution in [3.05, 3.63) is 11.1 Å². The number of thiazole rings is 1. The molecule has 0 radical (unpaired) electrons. The van der Waals surface area contributed by atoms with E-state index in [4.69, 9.17) is 5.73 Å². The molecule has 1 aromatic rings. The molecule has 0 fully saturated rings. The van der Waals surface area contributed by atoms with Gasteiger partial charge in [-0.3, -0.25) is 9.69 Å². The Morgan fingerprint density at radius 1 is 1.59 bits per heavy atom. The molecule has 0 aromatic carbocycles. The van der Waals surface area contributed by atoms with Crippen LogP contribution in [0.1, 0.15) is 18.7 Å². The number of nitrogen functional groups attached to an aromatic ring is 1. The lowest BCUT2D eigenvalue weighted by atomic mass is 10.4. The van der Waals surface area contributed by atoms with E-state index in [1.54, 1.807) is 6.20 Å². The van der Waals surface area contributed by atoms with Gasteiger partial charge in [0, 0.05) is 24.2 Å². The van der Waals surface area contributed by atoms with Crippen molar-refractivity contribution in [2.24, 2.45) is 0 Å². The van der Waals surface area contributed by atoms with Crippen LogP contribution in [0, 0.1) is 0 Å². The van der Waals surface area contributed by atoms with Crippen LogP contribution in [-0.2, 0) is 11.3 Å². The van der Waals surface area contributed by atoms with Crippen molar-refractivity contribution in [2.75, 3.05) is 25.4 Å². The number of rotatable bonds is 6. The van der Waals surface area contributed by atoms with E-state index in [0.717, 1.165) is 18.0 Å². The highest BCUT2D eigenvalue weighted by molar-refractivity contribution is 7.15. The first-order valence-electron chi connectivity index (χ1n) is 5.35. The molecule has 1 amide bonds. The van der Waals surface area contributed by atoms with Gasteiger partial charge in [-0.05, 0) is 13.5 Å². The predicted molar refractivity (Wildman–Crippen MR) is 73.4 cm³/mol. The number of likely N-dealkylation sites (N-methyl/N-ethyl adjacent to an activating group) is 2. The van der Waals surface area contributed by atoms with Gasteiger partial charge in [-0.2, -0.15) is 0 Å². The molecule has 1 heterocycles. The summed E-state index contributed by atoms with van der Waals surface area (Å²) in [6, 6.07) is 0. The molecule has 7 heteroatoms. The average molecular weight is 279 g/mol. The summed E-state index contributed by atoms with van der Waals surface area (Å²) in [5.74, 6) is 0.0573. The molecule has 0 aliphatic carbocycles. The lowest BCUT2D eigenvalue weighted by Crippen LogP contribution is -2.36. The zero-order chi connectivity index (χ0) is 12.0. The number of carbonyl (C=O) groups is 1. The maximum atomic E-state index is 11.4. The van der Waals surface area contributed by atoms with Crippen molar-refractivity contribution in [3.8, 4) is 0 Å². The number of nitrogens with zero attached hydrogens (tertiary/aromatic N) is 2. The number of hydrogen-bond donors (Lipinski definition) is 2. The minimum Gasteiger partial charge on any atom is -0.375 e. The van der Waals surface area contributed by atoms with Crippen LogP contribution in [0.3, 0.4) is 0 Å². The van der Waals surface area contributed by atoms with Gasteiger partial charge in [0.25, 0.3) is 0 Å². The standard InChI is InChI=1S/C10H18N4OS.ClH/c1-3-12-9(15)7-14(4-2)6-8-5-13-10(11)16-8;/h5H,3-4,6-7H2,1-2H3,(H2,11,13)(H,12,15);1H. The van der Waals surface area contributed by atoms with Crippen LogP contribution in [0.5, 0.6) is 0 Å². The highest BCUT2D eigenvalue weighted by Gasteiger charge is 2.10. The van der Waals surface area contributed by atoms with Crippen LogP contribution in [0.25, 0.3) is 0 Å². The Morgan fingerprint density at radius 2 is 2.29 bits per heavy atom. The normalized spacial score (nSPS) is 10.1. The van der Waals surface area contributed by atoms with Crippen molar-refractivity contribution in [1.82, 2.24) is 15.2 Å². The van der Waals surface area contributed by atoms with E-state index in [9.17, 15) is 4.79 Å². The molecule has 0 atom stereocenters. The van der Waals surface area contributed by atoms with E-state index >= 15 is 0 Å². The molecule has 0 aliphatic rings. The number of nitrogens with one attached hydrogen (secondary N) is 1. The number of anilines is 1. The second kappa shape index (κ2) is 8.27. The van der Waals surface area contributed by atoms with E-state index in [1.807, 2.05) is 13.8 Å². The van der Waals surface area contributed by atoms with Crippen molar-refractivity contribution in [1.29, 1.82) is 0 Å². The third-order valence-electron chi connectivity index (χ3n) is 2.14. The summed E-state index contributed by atoms with van der Waals surface area (Å²) < 4.78 is 0. The second-order valence-corrected chi connectivity index (χ2v) is 4.57. The number of nitrogens with two attached hydrogens (primary N) is 1. The summed E-state index contributed by atoms with van der Waals surface area (Å²) >= 11 is 1.47. The third-order valence-corrected chi connectivity index (χ3v) is 2.95. The van der Waals surface area contributed by atoms with Gasteiger partial charge in [-0.25, -0.2) is 4.98 Å². The molecular weight excluding hydrogens is 260 g/mol. The van der Waals surface area contributed by atoms with E-state index in [2.05, 4.69) is 15.2 Å². The molecule has 3 N–H and O–H groups in total. The largest absolute Gasteiger partial charge is 0.375 e. The molecule has 0 saturated carbocycles. The van der Waals surface area contributed by atoms with Crippen LogP contribution in [0.15, 0.2) is 6.20 Å². The van der Waals surface area contributed by atoms with E-state index in [-0.39, 0.29) is 18.3 Å². The molecule has 1 aromatic heterocycles. The van der Waals surface area contributed by atoms with Gasteiger partial charge in [-0.1, -0.05) is 6.92 Å². The Labute approximate surface area is 112 Å². The lowest BCUT2D eigenvalue weighted by molar-refractivity contribution is -0.122. The Bertz CT molecular complexity index is 345. The van der Waals surface area contributed by atoms with Gasteiger partial charge in [0.15, 0.2) is 5.13 Å². The molecule has 0 spiro atoms. The van der Waals surface area contributed by atoms with Crippen molar-refractivity contribution < 1.29 is 4.79 Å². The highest BCUT2D eigenvalue weighted by atomic mass is 35.5. The predicted octanol–water partition coefficient (Wildman–Crippen LogP) is 1.11. The minimum absolute atomic E-state index is 0. The fourth-order valence-electron chi connectivity index (χ4n) is 1.35. The fraction of sp³-hybridized carbons (Fsp3) is 0.600. The van der Waals surface area contributed by atoms with E-state index < -0.39 is 0 Å². The molecule has 0 saturated heterocycles. The summed E-state index contributed by atoms with van der Waals surface area (Å²) in [6.07, 6.45) is 1.76. The zero-order valence-electron chi connectivity index (χ0n) is 10.1. The topological polar surface area (TPSA) is 71.2 Å². The average Bonchev–Trinajstić information content (AvgIpc) is 2.63. The Hall–Kier alpha value is -0.850. The monoisotopic (exact) mass is 278 g/mol. The first-order valence-corrected chi connectivity index (χ1v) is 6.16. The molecule has 0 unspecified atom stereocenters. The van der Waals surface area contributed by atoms with Gasteiger partial charge in [0.05, 0.1) is 6.54 Å². The summed E-state index contributed by atoms with van der Waals surface area (Å²) in [4.78, 5) is 18.5. The van der Waals surface area contributed by atoms with Crippen LogP contribution in [0.4, 0.5) is 5.13 Å². The number of aromatic nitrogens is 1. The first kappa shape index (κ1) is 16.1. The molecule has 0 aliphatic heterocycles. The number of hydrogen-bond acceptors (Lipinski definition) is 5. The van der Waals surface area contributed by atoms with Gasteiger partial charge in [0.2, 0.25) is 5.91 Å². The lowest BCUT2D eigenvalue weighted by Gasteiger charge is -2.18. The summed E-state index contributed by atoms with van der Waals surface area (Å²) in [7, 11) is 0. The molecule has 1 rings (SSSR count). The smallest absolute Gasteiger partial charge is 0.234 e. The van der Waals surface area contributed by atoms with Crippen LogP contribution in [0.2, 0.25) is 0 Å². The second-order valence-electron chi connectivity index (χ2n) is 3.42. The maximum Gasteiger partial charge on any atom is 0.234 e. The quantitative estimate of drug-likeness (QED) is 0.818. The summed E-state index contributed by atoms with van der Waals surface area (Å²) in [6.45, 7) is 6.59. The highest BCUT2D eigenvalue weighted by Crippen LogP contribution is 2.16. The fourth-order valence-corrected chi connectivity index (χ4v) is 2.08. The van der Waals surface area contributed by atoms with Crippen molar-refractivity contribution >= 4 is 34.8 Å². The number of carbonyl (C=O) groups excluding carboxylic acids is 1. The number of halogens is 1. The van der Waals surface area contributed by atoms with Crippen molar-refractivity contribution in [2.45, 2.75) is 20.4 Å². The Morgan fingerprint density at radius 3 is 2.76 bits per heavy atom. The van der Waals surface area contributed by atoms with E-state index in [1.165, 1.54) is 11.3 Å². The van der Waals surface area contributed by atoms with Crippen LogP contribution >= 0.6 is 23.7 Å². The summed E-state index contributed by atoms with van der Waals surface area (Å²) in [5, 5.41) is 3.36. The molecule has 5 nitrogen and oxygen atoms in total. The van der Waals surface area contributed by atoms with E-state index in [0.29, 0.717) is 18.2 Å². The van der Waals surface area contributed by atoms with Crippen LogP contribution < -0.4 is 11.1 Å². The van der Waals surface area contributed by atoms with Crippen LogP contribution in [-0.4, -0.2) is 35.4 Å². The SMILES string of the molecule is CCNC(=O)CN(CC)Cc1cnc(N)s1.Cl. The Kier molecular flexibility index (Phi) is 7.86. The van der Waals surface area contributed by atoms with Gasteiger partial charge in [0.1, 0.15) is 0 Å². The first-order chi connectivity index (χ1) is 7.65. The molecule has 0 bridgehead atoms. The number of amides is 1. The summed E-state index contributed by atoms with van der Waals surface area (Å²) in [5.41, 5.74) is 5.55. The van der Waals surface area contributed by atoms with Gasteiger partial charge >= 0.3 is 0 Å². The zero-order valence-corrected chi connectivity index (χ0v) is 11.7. The van der Waals surface area contributed by atoms with Crippen molar-refractivity contribution in [3.63, 3.8) is 0 Å². The van der Waals surface area contributed by atoms with Gasteiger partial charge in [-0.15, -0.1) is 23.7 Å². The molecule has 17 heavy (non-hydrogen) atoms. The maximum absolute atomic E-state index is 11.4. The molecular formula is C10H19ClN4OS.